The average Bonchev–Trinajstić information content (AvgIpc) is 3.40. The Morgan fingerprint density at radius 1 is 1.10 bits per heavy atom. The van der Waals surface area contributed by atoms with Crippen LogP contribution in [0, 0.1) is 0 Å². The molecule has 106 valence electrons. The molecule has 10 heteroatoms. The minimum absolute atomic E-state index is 0.958. The molecule has 0 saturated heterocycles. The Hall–Kier alpha value is -2.62. The largest absolute Gasteiger partial charge is 0.375 e. The lowest BCUT2D eigenvalue weighted by atomic mass is 10.7. The van der Waals surface area contributed by atoms with Gasteiger partial charge in [0.05, 0.1) is 24.6 Å². The summed E-state index contributed by atoms with van der Waals surface area (Å²) in [6.45, 7) is 1.99. The van der Waals surface area contributed by atoms with Crippen molar-refractivity contribution < 1.29 is 0 Å². The van der Waals surface area contributed by atoms with E-state index in [0.717, 1.165) is 13.1 Å². The zero-order chi connectivity index (χ0) is 14.1. The van der Waals surface area contributed by atoms with Crippen molar-refractivity contribution in [2.75, 3.05) is 13.1 Å². The predicted molar refractivity (Wildman–Crippen MR) is 76.2 cm³/mol. The molecule has 0 fully saturated rings. The van der Waals surface area contributed by atoms with E-state index in [2.05, 4.69) is 45.9 Å². The quantitative estimate of drug-likeness (QED) is 0.550. The molecule has 0 atom stereocenters. The van der Waals surface area contributed by atoms with Crippen LogP contribution in [0.25, 0.3) is 0 Å². The molecule has 3 N–H and O–H groups in total. The Morgan fingerprint density at radius 2 is 2.10 bits per heavy atom. The maximum Gasteiger partial charge on any atom is 0.137 e. The molecular formula is C10H15N9S. The van der Waals surface area contributed by atoms with Crippen LogP contribution in [-0.4, -0.2) is 55.0 Å². The Morgan fingerprint density at radius 3 is 2.30 bits per heavy atom. The number of aliphatic imine (C=N–C) groups is 1. The molecule has 0 spiro atoms. The number of aromatic nitrogens is 7. The number of thiazole rings is 1. The van der Waals surface area contributed by atoms with E-state index in [1.807, 2.05) is 5.38 Å². The van der Waals surface area contributed by atoms with Gasteiger partial charge in [0.25, 0.3) is 0 Å². The highest BCUT2D eigenvalue weighted by molar-refractivity contribution is 7.07. The first-order valence-electron chi connectivity index (χ1n) is 5.63. The van der Waals surface area contributed by atoms with Crippen molar-refractivity contribution in [2.45, 2.75) is 0 Å². The van der Waals surface area contributed by atoms with E-state index < -0.39 is 0 Å². The summed E-state index contributed by atoms with van der Waals surface area (Å²) in [6.07, 6.45) is 9.70. The topological polar surface area (TPSA) is 120 Å². The van der Waals surface area contributed by atoms with Crippen molar-refractivity contribution in [1.29, 1.82) is 0 Å². The Balaban J connectivity index is 0.000000133. The van der Waals surface area contributed by atoms with Crippen LogP contribution in [0.2, 0.25) is 0 Å². The lowest BCUT2D eigenvalue weighted by molar-refractivity contribution is 0.940. The van der Waals surface area contributed by atoms with Crippen LogP contribution < -0.4 is 5.32 Å². The normalized spacial score (nSPS) is 10.8. The smallest absolute Gasteiger partial charge is 0.137 e. The van der Waals surface area contributed by atoms with Crippen LogP contribution in [-0.2, 0) is 0 Å². The standard InChI is InChI=1S/C3H6N2.C3H3NS.2C2H3N3/c2*1-2-5-3-4-1;1-3-2-5-4-1;1-2-4-5-3-1/h3H,1-2H2,(H,4,5);1-3H;2*1-2H,(H,3,4,5). The van der Waals surface area contributed by atoms with Gasteiger partial charge in [0.15, 0.2) is 0 Å². The average molecular weight is 293 g/mol. The summed E-state index contributed by atoms with van der Waals surface area (Å²) in [7, 11) is 0. The molecular weight excluding hydrogens is 278 g/mol. The molecule has 3 aromatic heterocycles. The van der Waals surface area contributed by atoms with Gasteiger partial charge in [0, 0.05) is 24.3 Å². The summed E-state index contributed by atoms with van der Waals surface area (Å²) in [6, 6.07) is 0. The first-order chi connectivity index (χ1) is 10.0. The minimum atomic E-state index is 0.958. The summed E-state index contributed by atoms with van der Waals surface area (Å²) < 4.78 is 0. The Kier molecular flexibility index (Phi) is 9.90. The van der Waals surface area contributed by atoms with Crippen molar-refractivity contribution in [3.8, 4) is 0 Å². The van der Waals surface area contributed by atoms with Gasteiger partial charge < -0.3 is 5.32 Å². The van der Waals surface area contributed by atoms with Crippen LogP contribution in [0.4, 0.5) is 0 Å². The SMILES string of the molecule is C1=NCCN1.c1c[nH]nn1.c1cscn1.c1nc[nH]n1. The highest BCUT2D eigenvalue weighted by Crippen LogP contribution is 1.85. The van der Waals surface area contributed by atoms with Crippen molar-refractivity contribution in [3.63, 3.8) is 0 Å². The van der Waals surface area contributed by atoms with Crippen molar-refractivity contribution in [1.82, 2.24) is 40.9 Å². The molecule has 0 radical (unpaired) electrons. The van der Waals surface area contributed by atoms with Crippen molar-refractivity contribution in [2.24, 2.45) is 4.99 Å². The molecule has 0 bridgehead atoms. The second kappa shape index (κ2) is 12.8. The third-order valence-electron chi connectivity index (χ3n) is 1.58. The van der Waals surface area contributed by atoms with Gasteiger partial charge in [-0.2, -0.15) is 5.10 Å². The summed E-state index contributed by atoms with van der Waals surface area (Å²) in [5, 5.41) is 20.1. The number of hydrogen-bond acceptors (Lipinski definition) is 8. The fraction of sp³-hybridized carbons (Fsp3) is 0.200. The van der Waals surface area contributed by atoms with Crippen LogP contribution >= 0.6 is 11.3 Å². The number of hydrogen-bond donors (Lipinski definition) is 3. The van der Waals surface area contributed by atoms with Crippen LogP contribution in [0.1, 0.15) is 0 Å². The third-order valence-corrected chi connectivity index (χ3v) is 2.10. The van der Waals surface area contributed by atoms with Gasteiger partial charge in [0.1, 0.15) is 12.7 Å². The van der Waals surface area contributed by atoms with Gasteiger partial charge in [-0.3, -0.25) is 20.2 Å². The number of rotatable bonds is 0. The molecule has 0 saturated carbocycles. The van der Waals surface area contributed by atoms with E-state index in [1.54, 1.807) is 41.8 Å². The number of aromatic amines is 2. The molecule has 0 unspecified atom stereocenters. The molecule has 20 heavy (non-hydrogen) atoms. The fourth-order valence-electron chi connectivity index (χ4n) is 0.832. The van der Waals surface area contributed by atoms with E-state index in [4.69, 9.17) is 0 Å². The number of nitrogens with one attached hydrogen (secondary N) is 3. The van der Waals surface area contributed by atoms with Gasteiger partial charge in [-0.05, 0) is 0 Å². The zero-order valence-electron chi connectivity index (χ0n) is 10.6. The zero-order valence-corrected chi connectivity index (χ0v) is 11.4. The molecule has 0 aliphatic carbocycles. The van der Waals surface area contributed by atoms with Gasteiger partial charge in [-0.1, -0.05) is 5.21 Å². The highest BCUT2D eigenvalue weighted by Gasteiger charge is 1.82. The lowest BCUT2D eigenvalue weighted by Crippen LogP contribution is -2.04. The first kappa shape index (κ1) is 15.4. The Bertz CT molecular complexity index is 357. The maximum atomic E-state index is 3.85. The van der Waals surface area contributed by atoms with Crippen LogP contribution in [0.5, 0.6) is 0 Å². The molecule has 4 heterocycles. The third kappa shape index (κ3) is 10.5. The summed E-state index contributed by atoms with van der Waals surface area (Å²) in [5.74, 6) is 0. The number of H-pyrrole nitrogens is 2. The highest BCUT2D eigenvalue weighted by atomic mass is 32.1. The molecule has 0 aromatic carbocycles. The molecule has 9 nitrogen and oxygen atoms in total. The second-order valence-electron chi connectivity index (χ2n) is 2.98. The first-order valence-corrected chi connectivity index (χ1v) is 6.57. The summed E-state index contributed by atoms with van der Waals surface area (Å²) >= 11 is 1.60. The molecule has 4 rings (SSSR count). The minimum Gasteiger partial charge on any atom is -0.375 e. The van der Waals surface area contributed by atoms with Gasteiger partial charge >= 0.3 is 0 Å². The summed E-state index contributed by atoms with van der Waals surface area (Å²) in [4.78, 5) is 11.1. The fourth-order valence-corrected chi connectivity index (χ4v) is 1.18. The molecule has 3 aromatic rings. The molecule has 1 aliphatic rings. The van der Waals surface area contributed by atoms with E-state index in [9.17, 15) is 0 Å². The van der Waals surface area contributed by atoms with E-state index in [-0.39, 0.29) is 0 Å². The van der Waals surface area contributed by atoms with Gasteiger partial charge in [-0.15, -0.1) is 16.4 Å². The monoisotopic (exact) mass is 293 g/mol. The lowest BCUT2D eigenvalue weighted by Gasteiger charge is -1.75. The van der Waals surface area contributed by atoms with E-state index in [0.29, 0.717) is 0 Å². The van der Waals surface area contributed by atoms with Crippen molar-refractivity contribution >= 4 is 17.7 Å². The van der Waals surface area contributed by atoms with Gasteiger partial charge in [0.2, 0.25) is 0 Å². The van der Waals surface area contributed by atoms with Crippen LogP contribution in [0.15, 0.2) is 47.1 Å². The van der Waals surface area contributed by atoms with Crippen molar-refractivity contribution in [3.05, 3.63) is 42.1 Å². The van der Waals surface area contributed by atoms with E-state index >= 15 is 0 Å². The maximum absolute atomic E-state index is 3.85. The molecule has 0 amide bonds. The molecule has 1 aliphatic heterocycles. The number of nitrogens with zero attached hydrogens (tertiary/aromatic N) is 6. The predicted octanol–water partition coefficient (Wildman–Crippen LogP) is 0.370. The van der Waals surface area contributed by atoms with E-state index in [1.165, 1.54) is 12.7 Å². The van der Waals surface area contributed by atoms with Crippen LogP contribution in [0.3, 0.4) is 0 Å². The summed E-state index contributed by atoms with van der Waals surface area (Å²) in [5.41, 5.74) is 1.79. The van der Waals surface area contributed by atoms with Gasteiger partial charge in [-0.25, -0.2) is 4.98 Å². The second-order valence-corrected chi connectivity index (χ2v) is 3.73. The Labute approximate surface area is 119 Å².